The number of hydrogen-bond donors (Lipinski definition) is 1. The number of rotatable bonds is 3. The largest absolute Gasteiger partial charge is 0.380 e. The first kappa shape index (κ1) is 13.3. The van der Waals surface area contributed by atoms with Crippen molar-refractivity contribution in [2.24, 2.45) is 17.6 Å². The molecule has 3 nitrogen and oxygen atoms in total. The van der Waals surface area contributed by atoms with E-state index in [0.717, 1.165) is 12.5 Å². The molecule has 2 aliphatic rings. The van der Waals surface area contributed by atoms with Crippen molar-refractivity contribution in [3.63, 3.8) is 0 Å². The summed E-state index contributed by atoms with van der Waals surface area (Å²) in [6.45, 7) is 5.89. The lowest BCUT2D eigenvalue weighted by Gasteiger charge is -2.39. The lowest BCUT2D eigenvalue weighted by atomic mass is 9.79. The Morgan fingerprint density at radius 2 is 2.12 bits per heavy atom. The van der Waals surface area contributed by atoms with E-state index >= 15 is 0 Å². The second kappa shape index (κ2) is 6.17. The molecule has 1 saturated heterocycles. The van der Waals surface area contributed by atoms with Crippen LogP contribution in [-0.2, 0) is 4.74 Å². The zero-order valence-electron chi connectivity index (χ0n) is 11.4. The Labute approximate surface area is 106 Å². The third-order valence-corrected chi connectivity index (χ3v) is 4.59. The molecule has 2 N–H and O–H groups in total. The van der Waals surface area contributed by atoms with Crippen LogP contribution in [0, 0.1) is 11.8 Å². The standard InChI is InChI=1S/C14H28N2O/c1-11-5-6-14(15)12(8-11)9-16-7-3-4-13(10-16)17-2/h11-14H,3-10,15H2,1-2H3. The van der Waals surface area contributed by atoms with Crippen LogP contribution in [0.3, 0.4) is 0 Å². The number of hydrogen-bond acceptors (Lipinski definition) is 3. The maximum Gasteiger partial charge on any atom is 0.0698 e. The molecule has 0 radical (unpaired) electrons. The van der Waals surface area contributed by atoms with Crippen molar-refractivity contribution < 1.29 is 4.74 Å². The Hall–Kier alpha value is -0.120. The van der Waals surface area contributed by atoms with Gasteiger partial charge >= 0.3 is 0 Å². The minimum Gasteiger partial charge on any atom is -0.380 e. The summed E-state index contributed by atoms with van der Waals surface area (Å²) in [7, 11) is 1.84. The molecule has 1 aliphatic carbocycles. The molecule has 0 amide bonds. The van der Waals surface area contributed by atoms with E-state index in [-0.39, 0.29) is 0 Å². The van der Waals surface area contributed by atoms with E-state index in [1.165, 1.54) is 45.2 Å². The maximum atomic E-state index is 6.27. The second-order valence-electron chi connectivity index (χ2n) is 6.10. The van der Waals surface area contributed by atoms with E-state index < -0.39 is 0 Å². The maximum absolute atomic E-state index is 6.27. The molecule has 3 heteroatoms. The summed E-state index contributed by atoms with van der Waals surface area (Å²) in [5.74, 6) is 1.57. The van der Waals surface area contributed by atoms with E-state index in [4.69, 9.17) is 10.5 Å². The van der Waals surface area contributed by atoms with Gasteiger partial charge < -0.3 is 15.4 Å². The fraction of sp³-hybridized carbons (Fsp3) is 1.00. The third kappa shape index (κ3) is 3.67. The van der Waals surface area contributed by atoms with Gasteiger partial charge in [0, 0.05) is 26.2 Å². The molecule has 0 aromatic heterocycles. The number of ether oxygens (including phenoxy) is 1. The minimum atomic E-state index is 0.425. The smallest absolute Gasteiger partial charge is 0.0698 e. The monoisotopic (exact) mass is 240 g/mol. The lowest BCUT2D eigenvalue weighted by molar-refractivity contribution is 0.0205. The van der Waals surface area contributed by atoms with Gasteiger partial charge in [0.05, 0.1) is 6.10 Å². The summed E-state index contributed by atoms with van der Waals surface area (Å²) in [4.78, 5) is 2.57. The molecule has 2 fully saturated rings. The fourth-order valence-electron chi connectivity index (χ4n) is 3.44. The highest BCUT2D eigenvalue weighted by molar-refractivity contribution is 4.85. The van der Waals surface area contributed by atoms with Crippen LogP contribution in [0.15, 0.2) is 0 Å². The topological polar surface area (TPSA) is 38.5 Å². The average molecular weight is 240 g/mol. The van der Waals surface area contributed by atoms with Crippen molar-refractivity contribution in [1.29, 1.82) is 0 Å². The molecule has 1 aliphatic heterocycles. The van der Waals surface area contributed by atoms with Gasteiger partial charge in [0.25, 0.3) is 0 Å². The van der Waals surface area contributed by atoms with Crippen molar-refractivity contribution in [1.82, 2.24) is 4.90 Å². The molecule has 1 heterocycles. The van der Waals surface area contributed by atoms with Crippen LogP contribution in [-0.4, -0.2) is 43.8 Å². The van der Waals surface area contributed by atoms with E-state index in [9.17, 15) is 0 Å². The molecular weight excluding hydrogens is 212 g/mol. The van der Waals surface area contributed by atoms with Crippen LogP contribution in [0.2, 0.25) is 0 Å². The molecule has 100 valence electrons. The molecule has 4 atom stereocenters. The SMILES string of the molecule is COC1CCCN(CC2CC(C)CCC2N)C1. The van der Waals surface area contributed by atoms with Gasteiger partial charge in [-0.05, 0) is 50.5 Å². The average Bonchev–Trinajstić information content (AvgIpc) is 2.34. The summed E-state index contributed by atoms with van der Waals surface area (Å²) in [5, 5.41) is 0. The van der Waals surface area contributed by atoms with Gasteiger partial charge in [-0.15, -0.1) is 0 Å². The summed E-state index contributed by atoms with van der Waals surface area (Å²) in [6.07, 6.45) is 6.79. The van der Waals surface area contributed by atoms with E-state index in [0.29, 0.717) is 18.1 Å². The quantitative estimate of drug-likeness (QED) is 0.818. The van der Waals surface area contributed by atoms with Gasteiger partial charge in [-0.25, -0.2) is 0 Å². The van der Waals surface area contributed by atoms with Crippen molar-refractivity contribution >= 4 is 0 Å². The van der Waals surface area contributed by atoms with E-state index in [1.807, 2.05) is 7.11 Å². The Morgan fingerprint density at radius 1 is 1.29 bits per heavy atom. The Balaban J connectivity index is 1.82. The fourth-order valence-corrected chi connectivity index (χ4v) is 3.44. The predicted octanol–water partition coefficient (Wildman–Crippen LogP) is 1.86. The first-order valence-corrected chi connectivity index (χ1v) is 7.19. The minimum absolute atomic E-state index is 0.425. The molecule has 0 aromatic carbocycles. The van der Waals surface area contributed by atoms with Crippen LogP contribution in [0.25, 0.3) is 0 Å². The van der Waals surface area contributed by atoms with E-state index in [2.05, 4.69) is 11.8 Å². The number of methoxy groups -OCH3 is 1. The van der Waals surface area contributed by atoms with Crippen LogP contribution < -0.4 is 5.73 Å². The second-order valence-corrected chi connectivity index (χ2v) is 6.10. The van der Waals surface area contributed by atoms with Gasteiger partial charge in [0.2, 0.25) is 0 Å². The number of nitrogens with zero attached hydrogens (tertiary/aromatic N) is 1. The summed E-state index contributed by atoms with van der Waals surface area (Å²) in [5.41, 5.74) is 6.27. The molecular formula is C14H28N2O. The molecule has 0 bridgehead atoms. The number of likely N-dealkylation sites (tertiary alicyclic amines) is 1. The zero-order chi connectivity index (χ0) is 12.3. The van der Waals surface area contributed by atoms with Crippen molar-refractivity contribution in [2.45, 2.75) is 51.2 Å². The predicted molar refractivity (Wildman–Crippen MR) is 71.0 cm³/mol. The highest BCUT2D eigenvalue weighted by Gasteiger charge is 2.29. The molecule has 1 saturated carbocycles. The lowest BCUT2D eigenvalue weighted by Crippen LogP contribution is -2.47. The number of piperidine rings is 1. The van der Waals surface area contributed by atoms with Crippen LogP contribution in [0.1, 0.15) is 39.0 Å². The first-order valence-electron chi connectivity index (χ1n) is 7.19. The molecule has 0 aromatic rings. The molecule has 2 rings (SSSR count). The van der Waals surface area contributed by atoms with Crippen molar-refractivity contribution in [3.05, 3.63) is 0 Å². The van der Waals surface area contributed by atoms with Crippen LogP contribution in [0.4, 0.5) is 0 Å². The molecule has 0 spiro atoms. The van der Waals surface area contributed by atoms with Gasteiger partial charge in [-0.3, -0.25) is 0 Å². The van der Waals surface area contributed by atoms with Gasteiger partial charge in [0.15, 0.2) is 0 Å². The summed E-state index contributed by atoms with van der Waals surface area (Å²) < 4.78 is 5.49. The van der Waals surface area contributed by atoms with Crippen molar-refractivity contribution in [3.8, 4) is 0 Å². The normalized spacial score (nSPS) is 40.4. The van der Waals surface area contributed by atoms with Crippen LogP contribution in [0.5, 0.6) is 0 Å². The van der Waals surface area contributed by atoms with Gasteiger partial charge in [0.1, 0.15) is 0 Å². The Morgan fingerprint density at radius 3 is 2.88 bits per heavy atom. The number of nitrogens with two attached hydrogens (primary N) is 1. The van der Waals surface area contributed by atoms with Gasteiger partial charge in [-0.2, -0.15) is 0 Å². The van der Waals surface area contributed by atoms with Crippen molar-refractivity contribution in [2.75, 3.05) is 26.7 Å². The summed E-state index contributed by atoms with van der Waals surface area (Å²) >= 11 is 0. The Bertz CT molecular complexity index is 234. The molecule has 4 unspecified atom stereocenters. The van der Waals surface area contributed by atoms with E-state index in [1.54, 1.807) is 0 Å². The summed E-state index contributed by atoms with van der Waals surface area (Å²) in [6, 6.07) is 0.425. The Kier molecular flexibility index (Phi) is 4.83. The zero-order valence-corrected chi connectivity index (χ0v) is 11.4. The van der Waals surface area contributed by atoms with Crippen LogP contribution >= 0.6 is 0 Å². The third-order valence-electron chi connectivity index (χ3n) is 4.59. The van der Waals surface area contributed by atoms with Gasteiger partial charge in [-0.1, -0.05) is 6.92 Å². The highest BCUT2D eigenvalue weighted by atomic mass is 16.5. The highest BCUT2D eigenvalue weighted by Crippen LogP contribution is 2.29. The molecule has 17 heavy (non-hydrogen) atoms. The first-order chi connectivity index (χ1) is 8.19.